The van der Waals surface area contributed by atoms with Crippen LogP contribution < -0.4 is 9.46 Å². The van der Waals surface area contributed by atoms with E-state index in [0.717, 1.165) is 11.3 Å². The van der Waals surface area contributed by atoms with Crippen LogP contribution in [0.1, 0.15) is 21.6 Å². The Bertz CT molecular complexity index is 1130. The second kappa shape index (κ2) is 8.96. The summed E-state index contributed by atoms with van der Waals surface area (Å²) < 4.78 is 33.7. The van der Waals surface area contributed by atoms with Crippen LogP contribution >= 0.6 is 0 Å². The smallest absolute Gasteiger partial charge is 0.265 e. The zero-order valence-electron chi connectivity index (χ0n) is 17.0. The third kappa shape index (κ3) is 4.96. The molecule has 7 nitrogen and oxygen atoms in total. The maximum absolute atomic E-state index is 13.0. The van der Waals surface area contributed by atoms with Gasteiger partial charge >= 0.3 is 0 Å². The maximum atomic E-state index is 13.0. The fourth-order valence-corrected chi connectivity index (χ4v) is 4.13. The average molecular weight is 426 g/mol. The molecule has 1 N–H and O–H groups in total. The van der Waals surface area contributed by atoms with Crippen LogP contribution in [-0.2, 0) is 16.6 Å². The predicted molar refractivity (Wildman–Crippen MR) is 115 cm³/mol. The van der Waals surface area contributed by atoms with E-state index in [4.69, 9.17) is 4.74 Å². The van der Waals surface area contributed by atoms with Crippen molar-refractivity contribution in [3.05, 3.63) is 83.7 Å². The van der Waals surface area contributed by atoms with Gasteiger partial charge in [0.2, 0.25) is 0 Å². The van der Waals surface area contributed by atoms with E-state index in [-0.39, 0.29) is 22.1 Å². The van der Waals surface area contributed by atoms with E-state index in [2.05, 4.69) is 9.71 Å². The van der Waals surface area contributed by atoms with Gasteiger partial charge in [0, 0.05) is 24.5 Å². The van der Waals surface area contributed by atoms with Crippen molar-refractivity contribution in [2.24, 2.45) is 0 Å². The molecule has 0 saturated carbocycles. The van der Waals surface area contributed by atoms with Crippen molar-refractivity contribution in [2.75, 3.05) is 18.9 Å². The number of pyridine rings is 1. The summed E-state index contributed by atoms with van der Waals surface area (Å²) >= 11 is 0. The minimum Gasteiger partial charge on any atom is -0.495 e. The number of ether oxygens (including phenoxy) is 1. The van der Waals surface area contributed by atoms with Gasteiger partial charge in [-0.1, -0.05) is 23.8 Å². The van der Waals surface area contributed by atoms with E-state index in [0.29, 0.717) is 12.2 Å². The highest BCUT2D eigenvalue weighted by atomic mass is 32.2. The number of methoxy groups -OCH3 is 1. The Morgan fingerprint density at radius 1 is 1.10 bits per heavy atom. The molecule has 0 aliphatic rings. The minimum absolute atomic E-state index is 0.109. The summed E-state index contributed by atoms with van der Waals surface area (Å²) in [7, 11) is -0.945. The highest BCUT2D eigenvalue weighted by Gasteiger charge is 2.23. The van der Waals surface area contributed by atoms with Crippen LogP contribution in [0.25, 0.3) is 0 Å². The lowest BCUT2D eigenvalue weighted by Gasteiger charge is -2.18. The van der Waals surface area contributed by atoms with Gasteiger partial charge in [-0.15, -0.1) is 0 Å². The number of anilines is 1. The molecule has 2 aromatic carbocycles. The molecule has 0 bridgehead atoms. The van der Waals surface area contributed by atoms with Crippen molar-refractivity contribution >= 4 is 21.6 Å². The third-order valence-electron chi connectivity index (χ3n) is 4.48. The molecular formula is C22H23N3O4S. The summed E-state index contributed by atoms with van der Waals surface area (Å²) in [5.74, 6) is -0.173. The second-order valence-electron chi connectivity index (χ2n) is 6.82. The Balaban J connectivity index is 1.88. The molecule has 1 heterocycles. The Labute approximate surface area is 176 Å². The number of benzene rings is 2. The number of carbonyl (C=O) groups is 1. The van der Waals surface area contributed by atoms with Crippen molar-refractivity contribution in [3.63, 3.8) is 0 Å². The van der Waals surface area contributed by atoms with Gasteiger partial charge in [0.1, 0.15) is 10.6 Å². The number of nitrogens with zero attached hydrogens (tertiary/aromatic N) is 2. The Kier molecular flexibility index (Phi) is 6.37. The molecule has 0 fully saturated rings. The fraction of sp³-hybridized carbons (Fsp3) is 0.182. The topological polar surface area (TPSA) is 88.6 Å². The standard InChI is InChI=1S/C22H23N3O4S/c1-16-7-10-18(11-8-16)24-30(27,28)21-14-17(9-12-20(21)29-3)22(26)25(2)15-19-6-4-5-13-23-19/h4-14,24H,15H2,1-3H3. The van der Waals surface area contributed by atoms with Gasteiger partial charge in [-0.25, -0.2) is 8.42 Å². The summed E-state index contributed by atoms with van der Waals surface area (Å²) in [5, 5.41) is 0. The van der Waals surface area contributed by atoms with Gasteiger partial charge in [0.25, 0.3) is 15.9 Å². The molecule has 0 unspecified atom stereocenters. The number of aromatic nitrogens is 1. The van der Waals surface area contributed by atoms with Gasteiger partial charge in [0.05, 0.1) is 19.3 Å². The lowest BCUT2D eigenvalue weighted by molar-refractivity contribution is 0.0783. The zero-order chi connectivity index (χ0) is 21.7. The largest absolute Gasteiger partial charge is 0.495 e. The first-order chi connectivity index (χ1) is 14.3. The van der Waals surface area contributed by atoms with Crippen molar-refractivity contribution in [2.45, 2.75) is 18.4 Å². The molecule has 0 radical (unpaired) electrons. The van der Waals surface area contributed by atoms with E-state index in [9.17, 15) is 13.2 Å². The Morgan fingerprint density at radius 3 is 2.47 bits per heavy atom. The molecular weight excluding hydrogens is 402 g/mol. The number of hydrogen-bond donors (Lipinski definition) is 1. The van der Waals surface area contributed by atoms with Crippen LogP contribution in [0.5, 0.6) is 5.75 Å². The summed E-state index contributed by atoms with van der Waals surface area (Å²) in [6.45, 7) is 2.22. The lowest BCUT2D eigenvalue weighted by atomic mass is 10.2. The molecule has 3 aromatic rings. The number of aryl methyl sites for hydroxylation is 1. The van der Waals surface area contributed by atoms with Gasteiger partial charge < -0.3 is 9.64 Å². The average Bonchev–Trinajstić information content (AvgIpc) is 2.75. The molecule has 3 rings (SSSR count). The van der Waals surface area contributed by atoms with E-state index in [1.54, 1.807) is 37.5 Å². The van der Waals surface area contributed by atoms with Crippen LogP contribution in [0.15, 0.2) is 71.8 Å². The quantitative estimate of drug-likeness (QED) is 0.626. The number of rotatable bonds is 7. The first-order valence-corrected chi connectivity index (χ1v) is 10.7. The molecule has 0 aliphatic carbocycles. The monoisotopic (exact) mass is 425 g/mol. The van der Waals surface area contributed by atoms with Gasteiger partial charge in [-0.2, -0.15) is 0 Å². The normalized spacial score (nSPS) is 11.0. The molecule has 156 valence electrons. The van der Waals surface area contributed by atoms with Gasteiger partial charge in [-0.05, 0) is 49.4 Å². The van der Waals surface area contributed by atoms with Crippen LogP contribution in [0, 0.1) is 6.92 Å². The number of carbonyl (C=O) groups excluding carboxylic acids is 1. The number of sulfonamides is 1. The lowest BCUT2D eigenvalue weighted by Crippen LogP contribution is -2.27. The van der Waals surface area contributed by atoms with E-state index < -0.39 is 10.0 Å². The van der Waals surface area contributed by atoms with Crippen LogP contribution in [0.4, 0.5) is 5.69 Å². The molecule has 30 heavy (non-hydrogen) atoms. The van der Waals surface area contributed by atoms with Crippen molar-refractivity contribution in [3.8, 4) is 5.75 Å². The SMILES string of the molecule is COc1ccc(C(=O)N(C)Cc2ccccn2)cc1S(=O)(=O)Nc1ccc(C)cc1. The van der Waals surface area contributed by atoms with Gasteiger partial charge in [0.15, 0.2) is 0 Å². The summed E-state index contributed by atoms with van der Waals surface area (Å²) in [4.78, 5) is 18.4. The highest BCUT2D eigenvalue weighted by molar-refractivity contribution is 7.92. The maximum Gasteiger partial charge on any atom is 0.265 e. The first-order valence-electron chi connectivity index (χ1n) is 9.23. The Morgan fingerprint density at radius 2 is 1.83 bits per heavy atom. The van der Waals surface area contributed by atoms with Crippen molar-refractivity contribution < 1.29 is 17.9 Å². The highest BCUT2D eigenvalue weighted by Crippen LogP contribution is 2.27. The van der Waals surface area contributed by atoms with E-state index >= 15 is 0 Å². The van der Waals surface area contributed by atoms with Crippen LogP contribution in [0.3, 0.4) is 0 Å². The van der Waals surface area contributed by atoms with Gasteiger partial charge in [-0.3, -0.25) is 14.5 Å². The molecule has 8 heteroatoms. The third-order valence-corrected chi connectivity index (χ3v) is 5.88. The predicted octanol–water partition coefficient (Wildman–Crippen LogP) is 3.47. The fourth-order valence-electron chi connectivity index (χ4n) is 2.88. The minimum atomic E-state index is -3.97. The molecule has 0 aliphatic heterocycles. The van der Waals surface area contributed by atoms with E-state index in [1.165, 1.54) is 24.1 Å². The van der Waals surface area contributed by atoms with Crippen LogP contribution in [-0.4, -0.2) is 38.4 Å². The van der Waals surface area contributed by atoms with E-state index in [1.807, 2.05) is 31.2 Å². The second-order valence-corrected chi connectivity index (χ2v) is 8.47. The first kappa shape index (κ1) is 21.3. The van der Waals surface area contributed by atoms with Crippen molar-refractivity contribution in [1.82, 2.24) is 9.88 Å². The molecule has 0 spiro atoms. The van der Waals surface area contributed by atoms with Crippen molar-refractivity contribution in [1.29, 1.82) is 0 Å². The number of hydrogen-bond acceptors (Lipinski definition) is 5. The Hall–Kier alpha value is -3.39. The zero-order valence-corrected chi connectivity index (χ0v) is 17.8. The summed E-state index contributed by atoms with van der Waals surface area (Å²) in [6.07, 6.45) is 1.66. The summed E-state index contributed by atoms with van der Waals surface area (Å²) in [5.41, 5.74) is 2.40. The molecule has 1 amide bonds. The molecule has 1 aromatic heterocycles. The number of amides is 1. The summed E-state index contributed by atoms with van der Waals surface area (Å²) in [6, 6.07) is 16.8. The number of nitrogens with one attached hydrogen (secondary N) is 1. The van der Waals surface area contributed by atoms with Crippen LogP contribution in [0.2, 0.25) is 0 Å². The molecule has 0 saturated heterocycles. The molecule has 0 atom stereocenters.